The third-order valence-corrected chi connectivity index (χ3v) is 5.57. The molecule has 0 aliphatic heterocycles. The van der Waals surface area contributed by atoms with Crippen molar-refractivity contribution in [2.45, 2.75) is 31.2 Å². The van der Waals surface area contributed by atoms with Gasteiger partial charge >= 0.3 is 0 Å². The van der Waals surface area contributed by atoms with Gasteiger partial charge in [-0.3, -0.25) is 9.52 Å². The Morgan fingerprint density at radius 2 is 1.75 bits per heavy atom. The molecular formula is C19H26ClN3O4S. The van der Waals surface area contributed by atoms with E-state index in [1.165, 1.54) is 13.2 Å². The van der Waals surface area contributed by atoms with Gasteiger partial charge in [-0.2, -0.15) is 0 Å². The molecule has 0 aliphatic carbocycles. The molecule has 7 nitrogen and oxygen atoms in total. The second kappa shape index (κ2) is 9.27. The summed E-state index contributed by atoms with van der Waals surface area (Å²) < 4.78 is 33.2. The van der Waals surface area contributed by atoms with Gasteiger partial charge in [0, 0.05) is 23.3 Å². The Hall–Kier alpha value is -2.29. The van der Waals surface area contributed by atoms with Gasteiger partial charge < -0.3 is 15.8 Å². The lowest BCUT2D eigenvalue weighted by molar-refractivity contribution is 0.0915. The van der Waals surface area contributed by atoms with Gasteiger partial charge in [0.2, 0.25) is 0 Å². The van der Waals surface area contributed by atoms with Crippen LogP contribution in [0.1, 0.15) is 29.8 Å². The van der Waals surface area contributed by atoms with E-state index in [0.29, 0.717) is 17.0 Å². The third-order valence-electron chi connectivity index (χ3n) is 4.04. The lowest BCUT2D eigenvalue weighted by Crippen LogP contribution is -2.48. The molecular weight excluding hydrogens is 402 g/mol. The number of anilines is 1. The van der Waals surface area contributed by atoms with Crippen molar-refractivity contribution in [1.29, 1.82) is 0 Å². The van der Waals surface area contributed by atoms with Gasteiger partial charge in [0.15, 0.2) is 0 Å². The molecule has 2 aromatic carbocycles. The minimum Gasteiger partial charge on any atom is -0.497 e. The number of aryl methyl sites for hydroxylation is 1. The van der Waals surface area contributed by atoms with E-state index in [1.807, 2.05) is 0 Å². The van der Waals surface area contributed by atoms with Gasteiger partial charge in [-0.1, -0.05) is 6.07 Å². The fraction of sp³-hybridized carbons (Fsp3) is 0.316. The molecule has 0 saturated carbocycles. The minimum atomic E-state index is -3.86. The molecule has 2 rings (SSSR count). The van der Waals surface area contributed by atoms with E-state index >= 15 is 0 Å². The summed E-state index contributed by atoms with van der Waals surface area (Å²) in [7, 11) is -2.33. The molecule has 0 saturated heterocycles. The van der Waals surface area contributed by atoms with Crippen LogP contribution in [0.25, 0.3) is 0 Å². The number of nitrogens with two attached hydrogens (primary N) is 1. The van der Waals surface area contributed by atoms with E-state index in [1.54, 1.807) is 57.2 Å². The monoisotopic (exact) mass is 427 g/mol. The molecule has 0 bridgehead atoms. The van der Waals surface area contributed by atoms with E-state index in [9.17, 15) is 13.2 Å². The molecule has 4 N–H and O–H groups in total. The van der Waals surface area contributed by atoms with Crippen molar-refractivity contribution in [3.05, 3.63) is 53.6 Å². The number of hydrogen-bond acceptors (Lipinski definition) is 5. The molecule has 2 aromatic rings. The maximum absolute atomic E-state index is 12.8. The molecule has 28 heavy (non-hydrogen) atoms. The first kappa shape index (κ1) is 23.7. The van der Waals surface area contributed by atoms with Gasteiger partial charge in [0.1, 0.15) is 5.75 Å². The van der Waals surface area contributed by atoms with Gasteiger partial charge in [0.25, 0.3) is 15.9 Å². The quantitative estimate of drug-likeness (QED) is 0.629. The zero-order chi connectivity index (χ0) is 20.2. The highest BCUT2D eigenvalue weighted by Gasteiger charge is 2.22. The SMILES string of the molecule is COc1ccc(NS(=O)(=O)c2cc(C(=O)NC(C)(C)CN)ccc2C)cc1.Cl. The van der Waals surface area contributed by atoms with Crippen LogP contribution < -0.4 is 20.5 Å². The highest BCUT2D eigenvalue weighted by molar-refractivity contribution is 7.92. The molecule has 9 heteroatoms. The average Bonchev–Trinajstić information content (AvgIpc) is 2.61. The standard InChI is InChI=1S/C19H25N3O4S.ClH/c1-13-5-6-14(18(23)21-19(2,3)12-20)11-17(13)27(24,25)22-15-7-9-16(26-4)10-8-15;/h5-11,22H,12,20H2,1-4H3,(H,21,23);1H. The Morgan fingerprint density at radius 3 is 2.29 bits per heavy atom. The molecule has 0 fully saturated rings. The second-order valence-electron chi connectivity index (χ2n) is 6.86. The topological polar surface area (TPSA) is 111 Å². The number of nitrogens with one attached hydrogen (secondary N) is 2. The molecule has 0 unspecified atom stereocenters. The van der Waals surface area contributed by atoms with Crippen LogP contribution in [0.5, 0.6) is 5.75 Å². The number of sulfonamides is 1. The predicted molar refractivity (Wildman–Crippen MR) is 113 cm³/mol. The zero-order valence-electron chi connectivity index (χ0n) is 16.3. The number of carbonyl (C=O) groups excluding carboxylic acids is 1. The molecule has 0 aliphatic rings. The van der Waals surface area contributed by atoms with Crippen molar-refractivity contribution in [2.75, 3.05) is 18.4 Å². The number of rotatable bonds is 7. The van der Waals surface area contributed by atoms with Crippen molar-refractivity contribution in [1.82, 2.24) is 5.32 Å². The van der Waals surface area contributed by atoms with Gasteiger partial charge in [-0.25, -0.2) is 8.42 Å². The molecule has 0 atom stereocenters. The molecule has 0 spiro atoms. The number of carbonyl (C=O) groups is 1. The van der Waals surface area contributed by atoms with Crippen molar-refractivity contribution in [3.63, 3.8) is 0 Å². The Bertz CT molecular complexity index is 929. The van der Waals surface area contributed by atoms with Crippen LogP contribution in [0.2, 0.25) is 0 Å². The Morgan fingerprint density at radius 1 is 1.14 bits per heavy atom. The molecule has 0 radical (unpaired) electrons. The molecule has 0 heterocycles. The maximum Gasteiger partial charge on any atom is 0.262 e. The fourth-order valence-electron chi connectivity index (χ4n) is 2.33. The average molecular weight is 428 g/mol. The predicted octanol–water partition coefficient (Wildman–Crippen LogP) is 2.69. The van der Waals surface area contributed by atoms with Crippen LogP contribution in [0, 0.1) is 6.92 Å². The number of hydrogen-bond donors (Lipinski definition) is 3. The Balaban J connectivity index is 0.00000392. The second-order valence-corrected chi connectivity index (χ2v) is 8.51. The number of benzene rings is 2. The van der Waals surface area contributed by atoms with Gasteiger partial charge in [-0.05, 0) is 62.7 Å². The van der Waals surface area contributed by atoms with Crippen LogP contribution in [-0.4, -0.2) is 33.5 Å². The first-order chi connectivity index (χ1) is 12.6. The highest BCUT2D eigenvalue weighted by Crippen LogP contribution is 2.22. The Kier molecular flexibility index (Phi) is 7.86. The van der Waals surface area contributed by atoms with E-state index in [4.69, 9.17) is 10.5 Å². The Labute approximate surface area is 172 Å². The van der Waals surface area contributed by atoms with E-state index < -0.39 is 15.6 Å². The normalized spacial score (nSPS) is 11.3. The summed E-state index contributed by atoms with van der Waals surface area (Å²) in [6.45, 7) is 5.52. The van der Waals surface area contributed by atoms with E-state index in [2.05, 4.69) is 10.0 Å². The largest absolute Gasteiger partial charge is 0.497 e. The summed E-state index contributed by atoms with van der Waals surface area (Å²) in [5.41, 5.74) is 6.22. The number of ether oxygens (including phenoxy) is 1. The molecule has 1 amide bonds. The van der Waals surface area contributed by atoms with Crippen LogP contribution in [0.4, 0.5) is 5.69 Å². The summed E-state index contributed by atoms with van der Waals surface area (Å²) >= 11 is 0. The lowest BCUT2D eigenvalue weighted by Gasteiger charge is -2.24. The van der Waals surface area contributed by atoms with Crippen LogP contribution >= 0.6 is 12.4 Å². The summed E-state index contributed by atoms with van der Waals surface area (Å²) in [6.07, 6.45) is 0. The third kappa shape index (κ3) is 5.85. The van der Waals surface area contributed by atoms with E-state index in [-0.39, 0.29) is 35.3 Å². The number of methoxy groups -OCH3 is 1. The van der Waals surface area contributed by atoms with Gasteiger partial charge in [0.05, 0.1) is 12.0 Å². The summed E-state index contributed by atoms with van der Waals surface area (Å²) in [4.78, 5) is 12.5. The van der Waals surface area contributed by atoms with Crippen LogP contribution in [-0.2, 0) is 10.0 Å². The van der Waals surface area contributed by atoms with Crippen molar-refractivity contribution < 1.29 is 17.9 Å². The first-order valence-electron chi connectivity index (χ1n) is 8.38. The van der Waals surface area contributed by atoms with Gasteiger partial charge in [-0.15, -0.1) is 12.4 Å². The summed E-state index contributed by atoms with van der Waals surface area (Å²) in [6, 6.07) is 11.1. The summed E-state index contributed by atoms with van der Waals surface area (Å²) in [5.74, 6) is 0.238. The van der Waals surface area contributed by atoms with E-state index in [0.717, 1.165) is 0 Å². The molecule has 0 aromatic heterocycles. The smallest absolute Gasteiger partial charge is 0.262 e. The van der Waals surface area contributed by atoms with Crippen molar-refractivity contribution in [3.8, 4) is 5.75 Å². The first-order valence-corrected chi connectivity index (χ1v) is 9.86. The van der Waals surface area contributed by atoms with Crippen LogP contribution in [0.15, 0.2) is 47.4 Å². The maximum atomic E-state index is 12.8. The number of halogens is 1. The van der Waals surface area contributed by atoms with Crippen molar-refractivity contribution in [2.24, 2.45) is 5.73 Å². The number of amides is 1. The highest BCUT2D eigenvalue weighted by atomic mass is 35.5. The fourth-order valence-corrected chi connectivity index (χ4v) is 3.66. The zero-order valence-corrected chi connectivity index (χ0v) is 17.9. The van der Waals surface area contributed by atoms with Crippen molar-refractivity contribution >= 4 is 34.0 Å². The lowest BCUT2D eigenvalue weighted by atomic mass is 10.0. The molecule has 154 valence electrons. The van der Waals surface area contributed by atoms with Crippen LogP contribution in [0.3, 0.4) is 0 Å². The summed E-state index contributed by atoms with van der Waals surface area (Å²) in [5, 5.41) is 2.79. The minimum absolute atomic E-state index is 0.